The Kier molecular flexibility index (Phi) is 3.13. The van der Waals surface area contributed by atoms with Gasteiger partial charge in [0.15, 0.2) is 11.5 Å². The van der Waals surface area contributed by atoms with E-state index in [0.717, 1.165) is 50.1 Å². The Hall–Kier alpha value is -3.21. The molecule has 0 amide bonds. The molecule has 130 valence electrons. The molecule has 0 saturated carbocycles. The summed E-state index contributed by atoms with van der Waals surface area (Å²) in [4.78, 5) is 11.7. The monoisotopic (exact) mass is 348 g/mol. The van der Waals surface area contributed by atoms with E-state index in [1.54, 1.807) is 6.26 Å². The fourth-order valence-corrected chi connectivity index (χ4v) is 3.56. The van der Waals surface area contributed by atoms with E-state index in [1.807, 2.05) is 38.1 Å². The Morgan fingerprint density at radius 2 is 1.69 bits per heavy atom. The highest BCUT2D eigenvalue weighted by molar-refractivity contribution is 6.04. The van der Waals surface area contributed by atoms with Crippen molar-refractivity contribution in [1.82, 2.24) is 0 Å². The second-order valence-electron chi connectivity index (χ2n) is 6.51. The second-order valence-corrected chi connectivity index (χ2v) is 6.51. The quantitative estimate of drug-likeness (QED) is 0.471. The van der Waals surface area contributed by atoms with Gasteiger partial charge in [-0.1, -0.05) is 6.07 Å². The average Bonchev–Trinajstić information content (AvgIpc) is 3.07. The molecule has 5 heteroatoms. The van der Waals surface area contributed by atoms with Crippen LogP contribution in [-0.4, -0.2) is 13.2 Å². The molecule has 5 nitrogen and oxygen atoms in total. The summed E-state index contributed by atoms with van der Waals surface area (Å²) in [5.74, 6) is 1.50. The zero-order valence-corrected chi connectivity index (χ0v) is 14.4. The average molecular weight is 348 g/mol. The number of aryl methyl sites for hydroxylation is 2. The summed E-state index contributed by atoms with van der Waals surface area (Å²) in [6.45, 7) is 4.93. The first kappa shape index (κ1) is 15.1. The molecule has 0 atom stereocenters. The minimum Gasteiger partial charge on any atom is -0.486 e. The van der Waals surface area contributed by atoms with E-state index in [1.165, 1.54) is 6.07 Å². The molecule has 0 bridgehead atoms. The third-order valence-corrected chi connectivity index (χ3v) is 4.86. The molecule has 0 saturated heterocycles. The first-order valence-corrected chi connectivity index (χ1v) is 8.47. The van der Waals surface area contributed by atoms with Gasteiger partial charge in [-0.25, -0.2) is 4.79 Å². The first-order chi connectivity index (χ1) is 12.6. The number of rotatable bonds is 1. The van der Waals surface area contributed by atoms with Crippen LogP contribution in [0.4, 0.5) is 0 Å². The van der Waals surface area contributed by atoms with Gasteiger partial charge in [0, 0.05) is 28.0 Å². The van der Waals surface area contributed by atoms with E-state index in [-0.39, 0.29) is 5.63 Å². The van der Waals surface area contributed by atoms with Gasteiger partial charge < -0.3 is 18.3 Å². The van der Waals surface area contributed by atoms with Crippen molar-refractivity contribution >= 4 is 21.9 Å². The molecule has 26 heavy (non-hydrogen) atoms. The predicted octanol–water partition coefficient (Wildman–Crippen LogP) is 4.59. The molecule has 2 aromatic carbocycles. The van der Waals surface area contributed by atoms with E-state index in [9.17, 15) is 4.79 Å². The molecule has 0 unspecified atom stereocenters. The van der Waals surface area contributed by atoms with Crippen LogP contribution in [0.15, 0.2) is 50.2 Å². The number of ether oxygens (including phenoxy) is 2. The highest BCUT2D eigenvalue weighted by atomic mass is 16.6. The lowest BCUT2D eigenvalue weighted by atomic mass is 9.99. The first-order valence-electron chi connectivity index (χ1n) is 8.47. The molecule has 0 N–H and O–H groups in total. The van der Waals surface area contributed by atoms with E-state index in [2.05, 4.69) is 0 Å². The maximum absolute atomic E-state index is 11.7. The van der Waals surface area contributed by atoms with Gasteiger partial charge >= 0.3 is 5.63 Å². The molecule has 3 heterocycles. The normalized spacial score (nSPS) is 13.5. The SMILES string of the molecule is Cc1cc(=O)oc2c(C)c3occ(-c4ccc5c(c4)OCCO5)c3cc12. The standard InChI is InChI=1S/C21H16O5/c1-11-7-19(22)26-21-12(2)20-15(9-14(11)21)16(10-25-20)13-3-4-17-18(8-13)24-6-5-23-17/h3-4,7-10H,5-6H2,1-2H3. The summed E-state index contributed by atoms with van der Waals surface area (Å²) in [6.07, 6.45) is 1.73. The third-order valence-electron chi connectivity index (χ3n) is 4.86. The number of hydrogen-bond acceptors (Lipinski definition) is 5. The lowest BCUT2D eigenvalue weighted by molar-refractivity contribution is 0.171. The maximum atomic E-state index is 11.7. The van der Waals surface area contributed by atoms with Crippen LogP contribution in [0.25, 0.3) is 33.1 Å². The summed E-state index contributed by atoms with van der Waals surface area (Å²) in [5.41, 5.74) is 4.60. The lowest BCUT2D eigenvalue weighted by Gasteiger charge is -2.18. The molecule has 0 aliphatic carbocycles. The predicted molar refractivity (Wildman–Crippen MR) is 98.2 cm³/mol. The molecule has 5 rings (SSSR count). The van der Waals surface area contributed by atoms with Gasteiger partial charge in [-0.05, 0) is 43.2 Å². The Morgan fingerprint density at radius 3 is 2.54 bits per heavy atom. The smallest absolute Gasteiger partial charge is 0.336 e. The van der Waals surface area contributed by atoms with Crippen molar-refractivity contribution < 1.29 is 18.3 Å². The molecule has 1 aliphatic heterocycles. The Bertz CT molecular complexity index is 1230. The number of benzene rings is 2. The highest BCUT2D eigenvalue weighted by Gasteiger charge is 2.18. The Labute approximate surface area is 148 Å². The summed E-state index contributed by atoms with van der Waals surface area (Å²) in [5, 5.41) is 1.89. The van der Waals surface area contributed by atoms with Crippen LogP contribution in [0.1, 0.15) is 11.1 Å². The van der Waals surface area contributed by atoms with Crippen molar-refractivity contribution in [2.45, 2.75) is 13.8 Å². The van der Waals surface area contributed by atoms with Gasteiger partial charge in [0.25, 0.3) is 0 Å². The molecule has 2 aromatic heterocycles. The van der Waals surface area contributed by atoms with Gasteiger partial charge in [0.2, 0.25) is 0 Å². The molecule has 0 radical (unpaired) electrons. The van der Waals surface area contributed by atoms with E-state index < -0.39 is 0 Å². The van der Waals surface area contributed by atoms with Crippen LogP contribution in [0.5, 0.6) is 11.5 Å². The Morgan fingerprint density at radius 1 is 0.885 bits per heavy atom. The Balaban J connectivity index is 1.78. The van der Waals surface area contributed by atoms with Gasteiger partial charge in [-0.3, -0.25) is 0 Å². The van der Waals surface area contributed by atoms with Gasteiger partial charge in [-0.15, -0.1) is 0 Å². The van der Waals surface area contributed by atoms with E-state index in [0.29, 0.717) is 18.8 Å². The van der Waals surface area contributed by atoms with Crippen LogP contribution in [0, 0.1) is 13.8 Å². The summed E-state index contributed by atoms with van der Waals surface area (Å²) < 4.78 is 22.5. The van der Waals surface area contributed by atoms with Gasteiger partial charge in [0.1, 0.15) is 24.4 Å². The number of furan rings is 1. The lowest BCUT2D eigenvalue weighted by Crippen LogP contribution is -2.15. The maximum Gasteiger partial charge on any atom is 0.336 e. The molecular formula is C21H16O5. The van der Waals surface area contributed by atoms with Crippen LogP contribution in [-0.2, 0) is 0 Å². The minimum atomic E-state index is -0.351. The van der Waals surface area contributed by atoms with Gasteiger partial charge in [0.05, 0.1) is 6.26 Å². The zero-order valence-electron chi connectivity index (χ0n) is 14.4. The van der Waals surface area contributed by atoms with Crippen molar-refractivity contribution in [3.8, 4) is 22.6 Å². The summed E-state index contributed by atoms with van der Waals surface area (Å²) >= 11 is 0. The number of hydrogen-bond donors (Lipinski definition) is 0. The highest BCUT2D eigenvalue weighted by Crippen LogP contribution is 2.40. The third kappa shape index (κ3) is 2.13. The largest absolute Gasteiger partial charge is 0.486 e. The van der Waals surface area contributed by atoms with Crippen molar-refractivity contribution in [3.05, 3.63) is 58.1 Å². The number of fused-ring (bicyclic) bond motifs is 3. The van der Waals surface area contributed by atoms with Crippen LogP contribution in [0.2, 0.25) is 0 Å². The van der Waals surface area contributed by atoms with E-state index in [4.69, 9.17) is 18.3 Å². The fourth-order valence-electron chi connectivity index (χ4n) is 3.56. The van der Waals surface area contributed by atoms with Gasteiger partial charge in [-0.2, -0.15) is 0 Å². The van der Waals surface area contributed by atoms with Crippen LogP contribution < -0.4 is 15.1 Å². The van der Waals surface area contributed by atoms with Crippen molar-refractivity contribution in [1.29, 1.82) is 0 Å². The minimum absolute atomic E-state index is 0.351. The van der Waals surface area contributed by atoms with E-state index >= 15 is 0 Å². The summed E-state index contributed by atoms with van der Waals surface area (Å²) in [7, 11) is 0. The second kappa shape index (κ2) is 5.39. The molecule has 1 aliphatic rings. The van der Waals surface area contributed by atoms with Crippen LogP contribution in [0.3, 0.4) is 0 Å². The molecule has 0 spiro atoms. The fraction of sp³-hybridized carbons (Fsp3) is 0.190. The summed E-state index contributed by atoms with van der Waals surface area (Å²) in [6, 6.07) is 9.41. The van der Waals surface area contributed by atoms with Crippen LogP contribution >= 0.6 is 0 Å². The molecule has 4 aromatic rings. The molecular weight excluding hydrogens is 332 g/mol. The zero-order chi connectivity index (χ0) is 17.8. The van der Waals surface area contributed by atoms with Crippen molar-refractivity contribution in [2.75, 3.05) is 13.2 Å². The van der Waals surface area contributed by atoms with Crippen molar-refractivity contribution in [3.63, 3.8) is 0 Å². The topological polar surface area (TPSA) is 61.8 Å². The molecule has 0 fully saturated rings. The van der Waals surface area contributed by atoms with Crippen molar-refractivity contribution in [2.24, 2.45) is 0 Å².